The first-order valence-electron chi connectivity index (χ1n) is 8.14. The highest BCUT2D eigenvalue weighted by Crippen LogP contribution is 2.19. The van der Waals surface area contributed by atoms with Gasteiger partial charge in [0.2, 0.25) is 0 Å². The maximum atomic E-state index is 5.54. The average molecular weight is 331 g/mol. The van der Waals surface area contributed by atoms with Gasteiger partial charge in [-0.15, -0.1) is 0 Å². The molecule has 0 aliphatic rings. The maximum absolute atomic E-state index is 5.54. The van der Waals surface area contributed by atoms with Gasteiger partial charge in [-0.1, -0.05) is 12.1 Å². The molecule has 0 saturated carbocycles. The van der Waals surface area contributed by atoms with E-state index in [1.807, 2.05) is 48.1 Å². The molecule has 0 atom stereocenters. The fourth-order valence-corrected chi connectivity index (χ4v) is 2.66. The van der Waals surface area contributed by atoms with Crippen LogP contribution in [0.2, 0.25) is 0 Å². The van der Waals surface area contributed by atoms with Gasteiger partial charge in [0.1, 0.15) is 11.3 Å². The van der Waals surface area contributed by atoms with Crippen LogP contribution in [-0.4, -0.2) is 31.3 Å². The van der Waals surface area contributed by atoms with Crippen LogP contribution in [0, 0.1) is 0 Å². The van der Waals surface area contributed by atoms with Crippen LogP contribution in [0.4, 0.5) is 0 Å². The molecule has 0 radical (unpaired) electrons. The van der Waals surface area contributed by atoms with Gasteiger partial charge in [0.15, 0.2) is 5.65 Å². The van der Waals surface area contributed by atoms with Gasteiger partial charge in [-0.25, -0.2) is 9.97 Å². The van der Waals surface area contributed by atoms with Crippen LogP contribution in [0.1, 0.15) is 12.5 Å². The molecule has 0 amide bonds. The highest BCUT2D eigenvalue weighted by atomic mass is 16.5. The van der Waals surface area contributed by atoms with E-state index >= 15 is 0 Å². The van der Waals surface area contributed by atoms with Crippen molar-refractivity contribution in [3.05, 3.63) is 66.7 Å². The summed E-state index contributed by atoms with van der Waals surface area (Å²) in [6, 6.07) is 11.8. The average Bonchev–Trinajstić information content (AvgIpc) is 3.10. The number of pyridine rings is 1. The minimum Gasteiger partial charge on any atom is -0.494 e. The number of ether oxygens (including phenoxy) is 1. The number of hydrogen-bond donors (Lipinski definition) is 0. The number of rotatable bonds is 5. The van der Waals surface area contributed by atoms with Crippen molar-refractivity contribution in [1.29, 1.82) is 0 Å². The SMILES string of the molecule is CCOc1cccc(Cn2cc(-c3cnc4cccnc4n3)cn2)c1. The minimum absolute atomic E-state index is 0.636. The Kier molecular flexibility index (Phi) is 4.08. The summed E-state index contributed by atoms with van der Waals surface area (Å²) in [5.74, 6) is 0.874. The second kappa shape index (κ2) is 6.68. The van der Waals surface area contributed by atoms with Crippen molar-refractivity contribution in [2.24, 2.45) is 0 Å². The lowest BCUT2D eigenvalue weighted by Crippen LogP contribution is -2.00. The highest BCUT2D eigenvalue weighted by Gasteiger charge is 2.07. The molecule has 1 aromatic carbocycles. The number of aromatic nitrogens is 5. The molecule has 0 bridgehead atoms. The van der Waals surface area contributed by atoms with Crippen LogP contribution in [0.3, 0.4) is 0 Å². The van der Waals surface area contributed by atoms with Crippen LogP contribution in [-0.2, 0) is 6.54 Å². The Labute approximate surface area is 145 Å². The van der Waals surface area contributed by atoms with E-state index in [-0.39, 0.29) is 0 Å². The van der Waals surface area contributed by atoms with Gasteiger partial charge in [0.25, 0.3) is 0 Å². The largest absolute Gasteiger partial charge is 0.494 e. The standard InChI is InChI=1S/C19H17N5O/c1-2-25-16-6-3-5-14(9-16)12-24-13-15(10-22-24)18-11-21-17-7-4-8-20-19(17)23-18/h3-11,13H,2,12H2,1H3. The zero-order chi connectivity index (χ0) is 17.1. The Morgan fingerprint density at radius 2 is 2.04 bits per heavy atom. The molecule has 4 rings (SSSR count). The van der Waals surface area contributed by atoms with Gasteiger partial charge < -0.3 is 4.74 Å². The lowest BCUT2D eigenvalue weighted by molar-refractivity contribution is 0.340. The minimum atomic E-state index is 0.636. The Bertz CT molecular complexity index is 1010. The van der Waals surface area contributed by atoms with E-state index < -0.39 is 0 Å². The normalized spacial score (nSPS) is 10.9. The van der Waals surface area contributed by atoms with Crippen molar-refractivity contribution in [3.8, 4) is 17.0 Å². The quantitative estimate of drug-likeness (QED) is 0.561. The zero-order valence-corrected chi connectivity index (χ0v) is 13.8. The molecule has 0 spiro atoms. The summed E-state index contributed by atoms with van der Waals surface area (Å²) in [5.41, 5.74) is 4.23. The molecule has 3 heterocycles. The summed E-state index contributed by atoms with van der Waals surface area (Å²) >= 11 is 0. The van der Waals surface area contributed by atoms with Crippen molar-refractivity contribution in [2.75, 3.05) is 6.61 Å². The summed E-state index contributed by atoms with van der Waals surface area (Å²) < 4.78 is 7.42. The monoisotopic (exact) mass is 331 g/mol. The first-order chi connectivity index (χ1) is 12.3. The fraction of sp³-hybridized carbons (Fsp3) is 0.158. The van der Waals surface area contributed by atoms with E-state index in [1.165, 1.54) is 0 Å². The molecule has 4 aromatic rings. The van der Waals surface area contributed by atoms with Crippen molar-refractivity contribution < 1.29 is 4.74 Å². The molecule has 0 saturated heterocycles. The zero-order valence-electron chi connectivity index (χ0n) is 13.8. The van der Waals surface area contributed by atoms with E-state index in [0.29, 0.717) is 18.8 Å². The lowest BCUT2D eigenvalue weighted by Gasteiger charge is -2.06. The van der Waals surface area contributed by atoms with E-state index in [1.54, 1.807) is 18.6 Å². The molecule has 6 nitrogen and oxygen atoms in total. The summed E-state index contributed by atoms with van der Waals surface area (Å²) in [5, 5.41) is 4.43. The van der Waals surface area contributed by atoms with Crippen LogP contribution in [0.15, 0.2) is 61.2 Å². The predicted octanol–water partition coefficient (Wildman–Crippen LogP) is 3.34. The summed E-state index contributed by atoms with van der Waals surface area (Å²) in [7, 11) is 0. The first-order valence-corrected chi connectivity index (χ1v) is 8.14. The van der Waals surface area contributed by atoms with Gasteiger partial charge in [-0.2, -0.15) is 5.10 Å². The molecule has 25 heavy (non-hydrogen) atoms. The van der Waals surface area contributed by atoms with Crippen LogP contribution in [0.5, 0.6) is 5.75 Å². The van der Waals surface area contributed by atoms with E-state index in [2.05, 4.69) is 26.1 Å². The van der Waals surface area contributed by atoms with Gasteiger partial charge in [-0.05, 0) is 36.8 Å². The van der Waals surface area contributed by atoms with Crippen LogP contribution >= 0.6 is 0 Å². The van der Waals surface area contributed by atoms with Crippen molar-refractivity contribution in [2.45, 2.75) is 13.5 Å². The van der Waals surface area contributed by atoms with Crippen LogP contribution < -0.4 is 4.74 Å². The van der Waals surface area contributed by atoms with Gasteiger partial charge >= 0.3 is 0 Å². The topological polar surface area (TPSA) is 65.7 Å². The Hall–Kier alpha value is -3.28. The third-order valence-corrected chi connectivity index (χ3v) is 3.80. The predicted molar refractivity (Wildman–Crippen MR) is 95.3 cm³/mol. The molecular weight excluding hydrogens is 314 g/mol. The summed E-state index contributed by atoms with van der Waals surface area (Å²) in [6.45, 7) is 3.30. The van der Waals surface area contributed by atoms with E-state index in [0.717, 1.165) is 28.1 Å². The summed E-state index contributed by atoms with van der Waals surface area (Å²) in [6.07, 6.45) is 7.23. The van der Waals surface area contributed by atoms with Crippen molar-refractivity contribution >= 4 is 11.2 Å². The summed E-state index contributed by atoms with van der Waals surface area (Å²) in [4.78, 5) is 13.2. The number of nitrogens with zero attached hydrogens (tertiary/aromatic N) is 5. The second-order valence-electron chi connectivity index (χ2n) is 5.61. The molecule has 0 N–H and O–H groups in total. The Morgan fingerprint density at radius 3 is 2.96 bits per heavy atom. The molecule has 3 aromatic heterocycles. The Morgan fingerprint density at radius 1 is 1.08 bits per heavy atom. The molecule has 0 aliphatic carbocycles. The van der Waals surface area contributed by atoms with E-state index in [4.69, 9.17) is 4.74 Å². The van der Waals surface area contributed by atoms with Crippen molar-refractivity contribution in [3.63, 3.8) is 0 Å². The number of hydrogen-bond acceptors (Lipinski definition) is 5. The highest BCUT2D eigenvalue weighted by molar-refractivity contribution is 5.72. The molecular formula is C19H17N5O. The second-order valence-corrected chi connectivity index (χ2v) is 5.61. The molecule has 124 valence electrons. The van der Waals surface area contributed by atoms with Gasteiger partial charge in [0.05, 0.1) is 31.2 Å². The van der Waals surface area contributed by atoms with Crippen LogP contribution in [0.25, 0.3) is 22.4 Å². The first kappa shape index (κ1) is 15.3. The molecule has 0 aliphatic heterocycles. The van der Waals surface area contributed by atoms with Gasteiger partial charge in [0, 0.05) is 18.0 Å². The Balaban J connectivity index is 1.58. The fourth-order valence-electron chi connectivity index (χ4n) is 2.66. The van der Waals surface area contributed by atoms with Crippen molar-refractivity contribution in [1.82, 2.24) is 24.7 Å². The third-order valence-electron chi connectivity index (χ3n) is 3.80. The maximum Gasteiger partial charge on any atom is 0.178 e. The lowest BCUT2D eigenvalue weighted by atomic mass is 10.2. The molecule has 6 heteroatoms. The number of fused-ring (bicyclic) bond motifs is 1. The molecule has 0 unspecified atom stereocenters. The smallest absolute Gasteiger partial charge is 0.178 e. The molecule has 0 fully saturated rings. The third kappa shape index (κ3) is 3.33. The number of benzene rings is 1. The van der Waals surface area contributed by atoms with E-state index in [9.17, 15) is 0 Å². The van der Waals surface area contributed by atoms with Gasteiger partial charge in [-0.3, -0.25) is 9.67 Å².